The van der Waals surface area contributed by atoms with Gasteiger partial charge in [-0.25, -0.2) is 8.42 Å². The minimum absolute atomic E-state index is 0.00531. The van der Waals surface area contributed by atoms with E-state index in [4.69, 9.17) is 4.74 Å². The van der Waals surface area contributed by atoms with Crippen LogP contribution < -0.4 is 9.46 Å². The Balaban J connectivity index is 1.70. The van der Waals surface area contributed by atoms with Crippen LogP contribution in [0.2, 0.25) is 0 Å². The fourth-order valence-electron chi connectivity index (χ4n) is 2.93. The van der Waals surface area contributed by atoms with Crippen LogP contribution in [0.25, 0.3) is 0 Å². The van der Waals surface area contributed by atoms with Crippen molar-refractivity contribution in [3.63, 3.8) is 0 Å². The fraction of sp³-hybridized carbons (Fsp3) is 0.316. The molecule has 1 saturated heterocycles. The predicted molar refractivity (Wildman–Crippen MR) is 100.0 cm³/mol. The summed E-state index contributed by atoms with van der Waals surface area (Å²) >= 11 is 0. The first-order valence-corrected chi connectivity index (χ1v) is 10.0. The molecule has 0 radical (unpaired) electrons. The van der Waals surface area contributed by atoms with E-state index in [1.807, 2.05) is 4.90 Å². The Kier molecular flexibility index (Phi) is 5.46. The number of hydrogen-bond acceptors (Lipinski definition) is 4. The number of nitrogens with zero attached hydrogens (tertiary/aromatic N) is 1. The zero-order valence-electron chi connectivity index (χ0n) is 14.6. The summed E-state index contributed by atoms with van der Waals surface area (Å²) in [5, 5.41) is 0. The molecule has 0 aliphatic carbocycles. The van der Waals surface area contributed by atoms with E-state index in [2.05, 4.69) is 4.72 Å². The summed E-state index contributed by atoms with van der Waals surface area (Å²) in [5.74, 6) is 0.582. The van der Waals surface area contributed by atoms with E-state index in [0.717, 1.165) is 32.4 Å². The highest BCUT2D eigenvalue weighted by atomic mass is 32.2. The monoisotopic (exact) mass is 374 g/mol. The summed E-state index contributed by atoms with van der Waals surface area (Å²) in [4.78, 5) is 14.4. The summed E-state index contributed by atoms with van der Waals surface area (Å²) in [6.07, 6.45) is 3.23. The van der Waals surface area contributed by atoms with E-state index in [1.54, 1.807) is 36.4 Å². The number of hydrogen-bond donors (Lipinski definition) is 1. The van der Waals surface area contributed by atoms with Crippen molar-refractivity contribution in [1.29, 1.82) is 0 Å². The van der Waals surface area contributed by atoms with Crippen LogP contribution in [0, 0.1) is 0 Å². The topological polar surface area (TPSA) is 75.7 Å². The molecule has 0 unspecified atom stereocenters. The van der Waals surface area contributed by atoms with Crippen molar-refractivity contribution < 1.29 is 17.9 Å². The zero-order valence-corrected chi connectivity index (χ0v) is 15.5. The second-order valence-electron chi connectivity index (χ2n) is 6.21. The van der Waals surface area contributed by atoms with E-state index in [1.165, 1.54) is 19.2 Å². The summed E-state index contributed by atoms with van der Waals surface area (Å²) in [6.45, 7) is 1.56. The number of amides is 1. The Morgan fingerprint density at radius 2 is 1.58 bits per heavy atom. The van der Waals surface area contributed by atoms with Crippen molar-refractivity contribution in [2.45, 2.75) is 24.2 Å². The first kappa shape index (κ1) is 18.3. The minimum atomic E-state index is -3.69. The number of benzene rings is 2. The summed E-state index contributed by atoms with van der Waals surface area (Å²) in [7, 11) is -2.17. The molecule has 26 heavy (non-hydrogen) atoms. The van der Waals surface area contributed by atoms with Crippen LogP contribution in [0.5, 0.6) is 5.75 Å². The van der Waals surface area contributed by atoms with Gasteiger partial charge in [0.2, 0.25) is 0 Å². The van der Waals surface area contributed by atoms with E-state index in [9.17, 15) is 13.2 Å². The summed E-state index contributed by atoms with van der Waals surface area (Å²) < 4.78 is 32.4. The van der Waals surface area contributed by atoms with Crippen molar-refractivity contribution in [3.8, 4) is 5.75 Å². The third-order valence-corrected chi connectivity index (χ3v) is 5.79. The lowest BCUT2D eigenvalue weighted by atomic mass is 10.1. The molecule has 1 aliphatic rings. The van der Waals surface area contributed by atoms with Gasteiger partial charge in [-0.3, -0.25) is 9.52 Å². The third-order valence-electron chi connectivity index (χ3n) is 4.40. The van der Waals surface area contributed by atoms with Crippen molar-refractivity contribution in [1.82, 2.24) is 4.90 Å². The number of anilines is 1. The number of methoxy groups -OCH3 is 1. The van der Waals surface area contributed by atoms with Crippen molar-refractivity contribution in [2.75, 3.05) is 24.9 Å². The highest BCUT2D eigenvalue weighted by Gasteiger charge is 2.19. The Morgan fingerprint density at radius 1 is 0.962 bits per heavy atom. The molecule has 2 aromatic carbocycles. The maximum absolute atomic E-state index is 12.5. The SMILES string of the molecule is COc1ccc(S(=O)(=O)Nc2ccc(C(=O)N3CCCCC3)cc2)cc1. The first-order valence-electron chi connectivity index (χ1n) is 8.56. The second kappa shape index (κ2) is 7.78. The number of rotatable bonds is 5. The Bertz CT molecular complexity index is 855. The average molecular weight is 374 g/mol. The van der Waals surface area contributed by atoms with Gasteiger partial charge in [0.15, 0.2) is 0 Å². The van der Waals surface area contributed by atoms with Crippen LogP contribution in [0.1, 0.15) is 29.6 Å². The Hall–Kier alpha value is -2.54. The average Bonchev–Trinajstić information content (AvgIpc) is 2.68. The molecule has 7 heteroatoms. The van der Waals surface area contributed by atoms with Crippen LogP contribution in [0.15, 0.2) is 53.4 Å². The maximum atomic E-state index is 12.5. The molecule has 3 rings (SSSR count). The Labute approximate surface area is 153 Å². The molecule has 1 amide bonds. The molecule has 0 bridgehead atoms. The molecule has 0 saturated carbocycles. The maximum Gasteiger partial charge on any atom is 0.261 e. The number of piperidine rings is 1. The van der Waals surface area contributed by atoms with E-state index < -0.39 is 10.0 Å². The lowest BCUT2D eigenvalue weighted by Crippen LogP contribution is -2.35. The summed E-state index contributed by atoms with van der Waals surface area (Å²) in [6, 6.07) is 12.7. The number of carbonyl (C=O) groups is 1. The van der Waals surface area contributed by atoms with Crippen molar-refractivity contribution in [3.05, 3.63) is 54.1 Å². The zero-order chi connectivity index (χ0) is 18.6. The van der Waals surface area contributed by atoms with Gasteiger partial charge in [0.25, 0.3) is 15.9 Å². The number of likely N-dealkylation sites (tertiary alicyclic amines) is 1. The van der Waals surface area contributed by atoms with Crippen LogP contribution in [0.3, 0.4) is 0 Å². The van der Waals surface area contributed by atoms with Gasteiger partial charge < -0.3 is 9.64 Å². The van der Waals surface area contributed by atoms with Gasteiger partial charge in [0.1, 0.15) is 5.75 Å². The molecular formula is C19H22N2O4S. The first-order chi connectivity index (χ1) is 12.5. The van der Waals surface area contributed by atoms with Gasteiger partial charge in [-0.2, -0.15) is 0 Å². The molecule has 2 aromatic rings. The molecule has 1 heterocycles. The standard InChI is InChI=1S/C19H22N2O4S/c1-25-17-9-11-18(12-10-17)26(23,24)20-16-7-5-15(6-8-16)19(22)21-13-3-2-4-14-21/h5-12,20H,2-4,13-14H2,1H3. The van der Waals surface area contributed by atoms with Crippen LogP contribution in [-0.2, 0) is 10.0 Å². The van der Waals surface area contributed by atoms with E-state index in [0.29, 0.717) is 17.0 Å². The highest BCUT2D eigenvalue weighted by molar-refractivity contribution is 7.92. The van der Waals surface area contributed by atoms with Gasteiger partial charge in [0.05, 0.1) is 12.0 Å². The van der Waals surface area contributed by atoms with E-state index in [-0.39, 0.29) is 10.8 Å². The largest absolute Gasteiger partial charge is 0.497 e. The molecule has 0 atom stereocenters. The summed E-state index contributed by atoms with van der Waals surface area (Å²) in [5.41, 5.74) is 0.982. The second-order valence-corrected chi connectivity index (χ2v) is 7.89. The van der Waals surface area contributed by atoms with Crippen LogP contribution in [-0.4, -0.2) is 39.4 Å². The normalized spacial score (nSPS) is 14.7. The van der Waals surface area contributed by atoms with Crippen LogP contribution >= 0.6 is 0 Å². The molecular weight excluding hydrogens is 352 g/mol. The lowest BCUT2D eigenvalue weighted by Gasteiger charge is -2.26. The fourth-order valence-corrected chi connectivity index (χ4v) is 3.99. The van der Waals surface area contributed by atoms with Gasteiger partial charge >= 0.3 is 0 Å². The lowest BCUT2D eigenvalue weighted by molar-refractivity contribution is 0.0724. The molecule has 138 valence electrons. The van der Waals surface area contributed by atoms with Crippen molar-refractivity contribution in [2.24, 2.45) is 0 Å². The number of nitrogens with one attached hydrogen (secondary N) is 1. The van der Waals surface area contributed by atoms with Gasteiger partial charge in [0, 0.05) is 24.3 Å². The molecule has 0 spiro atoms. The number of ether oxygens (including phenoxy) is 1. The quantitative estimate of drug-likeness (QED) is 0.872. The smallest absolute Gasteiger partial charge is 0.261 e. The molecule has 1 aliphatic heterocycles. The van der Waals surface area contributed by atoms with Gasteiger partial charge in [-0.05, 0) is 67.8 Å². The predicted octanol–water partition coefficient (Wildman–Crippen LogP) is 3.12. The minimum Gasteiger partial charge on any atom is -0.497 e. The number of carbonyl (C=O) groups excluding carboxylic acids is 1. The van der Waals surface area contributed by atoms with Gasteiger partial charge in [-0.1, -0.05) is 0 Å². The van der Waals surface area contributed by atoms with Crippen LogP contribution in [0.4, 0.5) is 5.69 Å². The molecule has 1 N–H and O–H groups in total. The molecule has 6 nitrogen and oxygen atoms in total. The molecule has 0 aromatic heterocycles. The highest BCUT2D eigenvalue weighted by Crippen LogP contribution is 2.20. The van der Waals surface area contributed by atoms with Gasteiger partial charge in [-0.15, -0.1) is 0 Å². The Morgan fingerprint density at radius 3 is 2.15 bits per heavy atom. The van der Waals surface area contributed by atoms with Crippen molar-refractivity contribution >= 4 is 21.6 Å². The molecule has 1 fully saturated rings. The van der Waals surface area contributed by atoms with E-state index >= 15 is 0 Å². The number of sulfonamides is 1. The third kappa shape index (κ3) is 4.16.